The van der Waals surface area contributed by atoms with Crippen molar-refractivity contribution in [1.82, 2.24) is 25.3 Å². The Kier molecular flexibility index (Phi) is 6.51. The van der Waals surface area contributed by atoms with E-state index in [1.807, 2.05) is 0 Å². The van der Waals surface area contributed by atoms with Crippen molar-refractivity contribution < 1.29 is 37.1 Å². The van der Waals surface area contributed by atoms with Crippen LogP contribution in [0.3, 0.4) is 0 Å². The summed E-state index contributed by atoms with van der Waals surface area (Å²) < 4.78 is 47.5. The maximum Gasteiger partial charge on any atom is 0.471 e. The van der Waals surface area contributed by atoms with E-state index in [0.29, 0.717) is 26.1 Å². The third-order valence-electron chi connectivity index (χ3n) is 5.48. The van der Waals surface area contributed by atoms with Crippen molar-refractivity contribution in [3.05, 3.63) is 35.7 Å². The van der Waals surface area contributed by atoms with Gasteiger partial charge in [0.2, 0.25) is 5.82 Å². The van der Waals surface area contributed by atoms with Gasteiger partial charge in [-0.15, -0.1) is 0 Å². The maximum absolute atomic E-state index is 12.8. The van der Waals surface area contributed by atoms with Gasteiger partial charge in [0.15, 0.2) is 0 Å². The molecule has 2 aliphatic rings. The van der Waals surface area contributed by atoms with E-state index >= 15 is 0 Å². The second kappa shape index (κ2) is 9.35. The molecule has 0 bridgehead atoms. The van der Waals surface area contributed by atoms with Crippen molar-refractivity contribution in [3.63, 3.8) is 0 Å². The molecule has 2 fully saturated rings. The number of likely N-dealkylation sites (tertiary alicyclic amines) is 1. The Hall–Kier alpha value is -3.19. The van der Waals surface area contributed by atoms with Crippen molar-refractivity contribution >= 4 is 11.9 Å². The van der Waals surface area contributed by atoms with Crippen molar-refractivity contribution in [2.24, 2.45) is 0 Å². The fourth-order valence-electron chi connectivity index (χ4n) is 3.71. The summed E-state index contributed by atoms with van der Waals surface area (Å²) >= 11 is 0. The monoisotopic (exact) mass is 469 g/mol. The number of hydrogen-bond donors (Lipinski definition) is 2. The van der Waals surface area contributed by atoms with Gasteiger partial charge in [0.25, 0.3) is 5.91 Å². The van der Waals surface area contributed by atoms with Crippen LogP contribution in [0.15, 0.2) is 28.8 Å². The van der Waals surface area contributed by atoms with Gasteiger partial charge in [0, 0.05) is 37.3 Å². The predicted octanol–water partition coefficient (Wildman–Crippen LogP) is 1.37. The number of nitrogens with zero attached hydrogens (tertiary/aromatic N) is 4. The van der Waals surface area contributed by atoms with E-state index in [1.54, 1.807) is 9.80 Å². The van der Waals surface area contributed by atoms with E-state index in [0.717, 1.165) is 0 Å². The van der Waals surface area contributed by atoms with Gasteiger partial charge in [0.05, 0.1) is 25.4 Å². The normalized spacial score (nSPS) is 21.3. The number of benzene rings is 1. The zero-order valence-corrected chi connectivity index (χ0v) is 17.4. The molecule has 2 atom stereocenters. The number of ether oxygens (including phenoxy) is 1. The molecule has 2 N–H and O–H groups in total. The molecule has 10 nitrogen and oxygen atoms in total. The summed E-state index contributed by atoms with van der Waals surface area (Å²) in [5.74, 6) is -2.11. The maximum atomic E-state index is 12.8. The van der Waals surface area contributed by atoms with Crippen LogP contribution in [0.5, 0.6) is 0 Å². The second-order valence-corrected chi connectivity index (χ2v) is 7.80. The van der Waals surface area contributed by atoms with E-state index in [4.69, 9.17) is 4.74 Å². The summed E-state index contributed by atoms with van der Waals surface area (Å²) in [6.45, 7) is 1.95. The summed E-state index contributed by atoms with van der Waals surface area (Å²) in [4.78, 5) is 31.9. The number of aliphatic hydroxyl groups is 1. The smallest absolute Gasteiger partial charge is 0.391 e. The number of halogens is 3. The number of carbonyl (C=O) groups excluding carboxylic acids is 2. The van der Waals surface area contributed by atoms with E-state index in [9.17, 15) is 27.9 Å². The van der Waals surface area contributed by atoms with Gasteiger partial charge >= 0.3 is 18.1 Å². The van der Waals surface area contributed by atoms with Crippen LogP contribution < -0.4 is 5.32 Å². The lowest BCUT2D eigenvalue weighted by atomic mass is 10.1. The van der Waals surface area contributed by atoms with Gasteiger partial charge in [0.1, 0.15) is 0 Å². The Morgan fingerprint density at radius 1 is 1.21 bits per heavy atom. The summed E-state index contributed by atoms with van der Waals surface area (Å²) in [5, 5.41) is 15.8. The molecule has 2 aliphatic heterocycles. The van der Waals surface area contributed by atoms with Crippen molar-refractivity contribution in [3.8, 4) is 11.4 Å². The minimum absolute atomic E-state index is 0.155. The Labute approximate surface area is 186 Å². The second-order valence-electron chi connectivity index (χ2n) is 7.80. The largest absolute Gasteiger partial charge is 0.471 e. The molecular formula is C20H22F3N5O5. The molecule has 0 spiro atoms. The van der Waals surface area contributed by atoms with Gasteiger partial charge in [-0.3, -0.25) is 4.79 Å². The first kappa shape index (κ1) is 23.0. The number of β-amino-alcohol motifs (C(OH)–C–C–N with tert-alkyl or cyclic N) is 1. The lowest BCUT2D eigenvalue weighted by Crippen LogP contribution is -2.56. The highest BCUT2D eigenvalue weighted by Crippen LogP contribution is 2.29. The minimum atomic E-state index is -4.74. The zero-order chi connectivity index (χ0) is 23.6. The number of nitrogens with one attached hydrogen (secondary N) is 1. The third-order valence-corrected chi connectivity index (χ3v) is 5.48. The molecule has 178 valence electrons. The van der Waals surface area contributed by atoms with Crippen LogP contribution in [0.2, 0.25) is 0 Å². The van der Waals surface area contributed by atoms with Crippen LogP contribution in [0.25, 0.3) is 11.4 Å². The highest BCUT2D eigenvalue weighted by atomic mass is 19.4. The van der Waals surface area contributed by atoms with Crippen molar-refractivity contribution in [1.29, 1.82) is 0 Å². The third kappa shape index (κ3) is 5.25. The lowest BCUT2D eigenvalue weighted by molar-refractivity contribution is -0.159. The molecule has 3 heterocycles. The van der Waals surface area contributed by atoms with Crippen LogP contribution in [-0.4, -0.2) is 88.5 Å². The van der Waals surface area contributed by atoms with E-state index in [1.165, 1.54) is 24.3 Å². The quantitative estimate of drug-likeness (QED) is 0.694. The number of alkyl halides is 3. The molecule has 33 heavy (non-hydrogen) atoms. The molecule has 1 aromatic carbocycles. The Balaban J connectivity index is 1.35. The molecule has 4 rings (SSSR count). The van der Waals surface area contributed by atoms with Crippen LogP contribution in [-0.2, 0) is 10.9 Å². The number of aliphatic hydroxyl groups excluding tert-OH is 1. The number of rotatable bonds is 4. The van der Waals surface area contributed by atoms with Crippen molar-refractivity contribution in [2.75, 3.05) is 39.4 Å². The van der Waals surface area contributed by atoms with Crippen LogP contribution in [0.1, 0.15) is 22.7 Å². The van der Waals surface area contributed by atoms with Crippen LogP contribution in [0, 0.1) is 0 Å². The number of hydrogen-bond acceptors (Lipinski definition) is 7. The fraction of sp³-hybridized carbons (Fsp3) is 0.500. The highest BCUT2D eigenvalue weighted by molar-refractivity contribution is 5.94. The van der Waals surface area contributed by atoms with Gasteiger partial charge in [-0.1, -0.05) is 17.3 Å². The number of urea groups is 1. The first-order chi connectivity index (χ1) is 15.7. The molecule has 0 aliphatic carbocycles. The summed E-state index contributed by atoms with van der Waals surface area (Å²) in [5.41, 5.74) is 0.534. The molecule has 0 saturated carbocycles. The molecule has 2 aromatic rings. The van der Waals surface area contributed by atoms with Gasteiger partial charge in [-0.2, -0.15) is 18.2 Å². The molecular weight excluding hydrogens is 447 g/mol. The Morgan fingerprint density at radius 3 is 2.61 bits per heavy atom. The van der Waals surface area contributed by atoms with E-state index in [2.05, 4.69) is 20.0 Å². The average Bonchev–Trinajstić information content (AvgIpc) is 3.47. The number of aromatic nitrogens is 2. The summed E-state index contributed by atoms with van der Waals surface area (Å²) in [6.07, 6.45) is -4.73. The molecule has 1 aromatic heterocycles. The molecule has 13 heteroatoms. The van der Waals surface area contributed by atoms with Gasteiger partial charge < -0.3 is 29.5 Å². The molecule has 0 radical (unpaired) electrons. The predicted molar refractivity (Wildman–Crippen MR) is 106 cm³/mol. The Bertz CT molecular complexity index is 997. The standard InChI is InChI=1S/C20H22F3N5O5/c21-20(22,23)18-25-16(26-33-18)12-1-3-13(4-2-12)17(30)24-9-14-11-32-8-7-28(14)19(31)27-6-5-15(29)10-27/h1-4,14-15,29H,5-11H2,(H,24,30)/t14-,15+/m0/s1. The minimum Gasteiger partial charge on any atom is -0.391 e. The number of carbonyl (C=O) groups is 2. The van der Waals surface area contributed by atoms with E-state index in [-0.39, 0.29) is 48.7 Å². The van der Waals surface area contributed by atoms with Crippen LogP contribution >= 0.6 is 0 Å². The summed E-state index contributed by atoms with van der Waals surface area (Å²) in [6, 6.07) is 5.13. The number of amides is 3. The zero-order valence-electron chi connectivity index (χ0n) is 17.4. The van der Waals surface area contributed by atoms with Gasteiger partial charge in [-0.05, 0) is 18.6 Å². The molecule has 3 amide bonds. The lowest BCUT2D eigenvalue weighted by Gasteiger charge is -2.37. The summed E-state index contributed by atoms with van der Waals surface area (Å²) in [7, 11) is 0. The highest BCUT2D eigenvalue weighted by Gasteiger charge is 2.38. The van der Waals surface area contributed by atoms with Crippen molar-refractivity contribution in [2.45, 2.75) is 24.7 Å². The van der Waals surface area contributed by atoms with Gasteiger partial charge in [-0.25, -0.2) is 4.79 Å². The fourth-order valence-corrected chi connectivity index (χ4v) is 3.71. The first-order valence-electron chi connectivity index (χ1n) is 10.3. The molecule has 0 unspecified atom stereocenters. The SMILES string of the molecule is O=C(NC[C@H]1COCCN1C(=O)N1CC[C@@H](O)C1)c1ccc(-c2noc(C(F)(F)F)n2)cc1. The molecule has 2 saturated heterocycles. The Morgan fingerprint density at radius 2 is 1.97 bits per heavy atom. The average molecular weight is 469 g/mol. The number of morpholine rings is 1. The van der Waals surface area contributed by atoms with E-state index < -0.39 is 24.1 Å². The van der Waals surface area contributed by atoms with Crippen LogP contribution in [0.4, 0.5) is 18.0 Å². The first-order valence-corrected chi connectivity index (χ1v) is 10.3. The topological polar surface area (TPSA) is 121 Å².